The van der Waals surface area contributed by atoms with Gasteiger partial charge in [-0.05, 0) is 12.6 Å². The minimum atomic E-state index is -0.851. The summed E-state index contributed by atoms with van der Waals surface area (Å²) in [6, 6.07) is 9.72. The molecular formula is C20H24N4O4. The van der Waals surface area contributed by atoms with Crippen molar-refractivity contribution in [1.82, 2.24) is 14.0 Å². The zero-order valence-electron chi connectivity index (χ0n) is 16.3. The van der Waals surface area contributed by atoms with Gasteiger partial charge in [-0.25, -0.2) is 4.79 Å². The molecule has 2 heterocycles. The molecule has 28 heavy (non-hydrogen) atoms. The van der Waals surface area contributed by atoms with E-state index in [4.69, 9.17) is 4.74 Å². The molecule has 0 radical (unpaired) electrons. The number of nitrogens with zero attached hydrogens (tertiary/aromatic N) is 4. The van der Waals surface area contributed by atoms with Crippen molar-refractivity contribution in [1.29, 1.82) is 0 Å². The van der Waals surface area contributed by atoms with Crippen molar-refractivity contribution >= 4 is 11.8 Å². The second-order valence-electron chi connectivity index (χ2n) is 6.86. The van der Waals surface area contributed by atoms with Gasteiger partial charge < -0.3 is 9.64 Å². The molecule has 1 aromatic carbocycles. The van der Waals surface area contributed by atoms with Gasteiger partial charge in [-0.2, -0.15) is 0 Å². The molecule has 1 saturated heterocycles. The van der Waals surface area contributed by atoms with E-state index in [9.17, 15) is 14.4 Å². The average Bonchev–Trinajstić information content (AvgIpc) is 3.01. The van der Waals surface area contributed by atoms with Crippen LogP contribution < -0.4 is 16.1 Å². The lowest BCUT2D eigenvalue weighted by Gasteiger charge is -2.30. The summed E-state index contributed by atoms with van der Waals surface area (Å²) in [5.41, 5.74) is 0.348. The summed E-state index contributed by atoms with van der Waals surface area (Å²) in [7, 11) is 4.74. The number of esters is 1. The third-order valence-corrected chi connectivity index (χ3v) is 4.80. The summed E-state index contributed by atoms with van der Waals surface area (Å²) in [6.07, 6.45) is 0.857. The fraction of sp³-hybridized carbons (Fsp3) is 0.350. The normalized spacial score (nSPS) is 16.8. The van der Waals surface area contributed by atoms with E-state index in [-0.39, 0.29) is 12.1 Å². The first-order chi connectivity index (χ1) is 13.3. The van der Waals surface area contributed by atoms with E-state index in [1.165, 1.54) is 11.6 Å². The smallest absolute Gasteiger partial charge is 0.332 e. The zero-order chi connectivity index (χ0) is 20.4. The van der Waals surface area contributed by atoms with Crippen molar-refractivity contribution in [2.75, 3.05) is 25.0 Å². The van der Waals surface area contributed by atoms with Crippen molar-refractivity contribution in [3.05, 3.63) is 75.0 Å². The zero-order valence-corrected chi connectivity index (χ0v) is 16.3. The molecule has 1 unspecified atom stereocenters. The first kappa shape index (κ1) is 19.6. The lowest BCUT2D eigenvalue weighted by atomic mass is 10.1. The quantitative estimate of drug-likeness (QED) is 0.541. The molecule has 1 atom stereocenters. The Balaban J connectivity index is 2.22. The maximum atomic E-state index is 13.0. The van der Waals surface area contributed by atoms with E-state index in [1.807, 2.05) is 35.2 Å². The number of rotatable bonds is 6. The van der Waals surface area contributed by atoms with Crippen LogP contribution in [-0.4, -0.2) is 40.1 Å². The molecule has 1 fully saturated rings. The SMILES string of the molecule is C=CCN(Cc1ccccc1)c1c(C2OC(=O)CN2C)c(=O)n(C)c(=O)n1C. The molecule has 1 aromatic heterocycles. The van der Waals surface area contributed by atoms with Crippen LogP contribution in [0.25, 0.3) is 0 Å². The van der Waals surface area contributed by atoms with Crippen LogP contribution >= 0.6 is 0 Å². The second-order valence-corrected chi connectivity index (χ2v) is 6.86. The Hall–Kier alpha value is -3.13. The van der Waals surface area contributed by atoms with Crippen molar-refractivity contribution in [3.63, 3.8) is 0 Å². The molecule has 0 N–H and O–H groups in total. The third kappa shape index (κ3) is 3.50. The van der Waals surface area contributed by atoms with Gasteiger partial charge in [0.15, 0.2) is 6.23 Å². The monoisotopic (exact) mass is 384 g/mol. The number of aromatic nitrogens is 2. The van der Waals surface area contributed by atoms with E-state index in [2.05, 4.69) is 6.58 Å². The van der Waals surface area contributed by atoms with Crippen LogP contribution in [0.5, 0.6) is 0 Å². The second kappa shape index (κ2) is 7.85. The van der Waals surface area contributed by atoms with E-state index in [1.54, 1.807) is 25.1 Å². The fourth-order valence-corrected chi connectivity index (χ4v) is 3.46. The standard InChI is InChI=1S/C20H24N4O4/c1-5-11-24(12-14-9-7-6-8-10-14)17-16(19-21(2)13-15(25)28-19)18(26)23(4)20(27)22(17)3/h5-10,19H,1,11-13H2,2-4H3. The van der Waals surface area contributed by atoms with Gasteiger partial charge in [0, 0.05) is 27.2 Å². The average molecular weight is 384 g/mol. The predicted octanol–water partition coefficient (Wildman–Crippen LogP) is 0.764. The van der Waals surface area contributed by atoms with Gasteiger partial charge in [0.05, 0.1) is 6.54 Å². The summed E-state index contributed by atoms with van der Waals surface area (Å²) >= 11 is 0. The van der Waals surface area contributed by atoms with E-state index >= 15 is 0 Å². The molecule has 2 aromatic rings. The molecule has 0 saturated carbocycles. The van der Waals surface area contributed by atoms with Crippen LogP contribution in [-0.2, 0) is 30.2 Å². The van der Waals surface area contributed by atoms with Gasteiger partial charge in [-0.1, -0.05) is 36.4 Å². The van der Waals surface area contributed by atoms with Crippen LogP contribution in [0.2, 0.25) is 0 Å². The highest BCUT2D eigenvalue weighted by atomic mass is 16.6. The van der Waals surface area contributed by atoms with Crippen molar-refractivity contribution in [2.45, 2.75) is 12.8 Å². The lowest BCUT2D eigenvalue weighted by molar-refractivity contribution is -0.141. The van der Waals surface area contributed by atoms with Crippen LogP contribution in [0, 0.1) is 0 Å². The van der Waals surface area contributed by atoms with Gasteiger partial charge in [-0.15, -0.1) is 6.58 Å². The topological polar surface area (TPSA) is 76.8 Å². The molecule has 1 aliphatic rings. The van der Waals surface area contributed by atoms with Crippen LogP contribution in [0.4, 0.5) is 5.82 Å². The van der Waals surface area contributed by atoms with Gasteiger partial charge in [-0.3, -0.25) is 23.6 Å². The Labute approximate surface area is 162 Å². The van der Waals surface area contributed by atoms with Crippen molar-refractivity contribution < 1.29 is 9.53 Å². The molecular weight excluding hydrogens is 360 g/mol. The van der Waals surface area contributed by atoms with Gasteiger partial charge >= 0.3 is 11.7 Å². The van der Waals surface area contributed by atoms with E-state index in [0.717, 1.165) is 10.1 Å². The Morgan fingerprint density at radius 2 is 1.82 bits per heavy atom. The molecule has 0 bridgehead atoms. The van der Waals surface area contributed by atoms with E-state index < -0.39 is 23.4 Å². The molecule has 148 valence electrons. The summed E-state index contributed by atoms with van der Waals surface area (Å²) in [5.74, 6) is 0.0103. The summed E-state index contributed by atoms with van der Waals surface area (Å²) in [5, 5.41) is 0. The maximum Gasteiger partial charge on any atom is 0.332 e. The van der Waals surface area contributed by atoms with Crippen LogP contribution in [0.3, 0.4) is 0 Å². The molecule has 1 aliphatic heterocycles. The fourth-order valence-electron chi connectivity index (χ4n) is 3.46. The van der Waals surface area contributed by atoms with Gasteiger partial charge in [0.2, 0.25) is 0 Å². The Morgan fingerprint density at radius 1 is 1.14 bits per heavy atom. The number of hydrogen-bond acceptors (Lipinski definition) is 6. The Bertz CT molecular complexity index is 1010. The largest absolute Gasteiger partial charge is 0.441 e. The van der Waals surface area contributed by atoms with Crippen LogP contribution in [0.15, 0.2) is 52.6 Å². The first-order valence-electron chi connectivity index (χ1n) is 8.94. The summed E-state index contributed by atoms with van der Waals surface area (Å²) in [4.78, 5) is 41.0. The number of cyclic esters (lactones) is 1. The maximum absolute atomic E-state index is 13.0. The van der Waals surface area contributed by atoms with Gasteiger partial charge in [0.25, 0.3) is 5.56 Å². The Kier molecular flexibility index (Phi) is 5.51. The van der Waals surface area contributed by atoms with Crippen molar-refractivity contribution in [2.24, 2.45) is 14.1 Å². The number of carbonyl (C=O) groups excluding carboxylic acids is 1. The molecule has 8 heteroatoms. The number of anilines is 1. The van der Waals surface area contributed by atoms with E-state index in [0.29, 0.717) is 18.9 Å². The summed E-state index contributed by atoms with van der Waals surface area (Å²) in [6.45, 7) is 4.76. The molecule has 8 nitrogen and oxygen atoms in total. The molecule has 3 rings (SSSR count). The highest BCUT2D eigenvalue weighted by molar-refractivity contribution is 5.74. The molecule has 0 aliphatic carbocycles. The third-order valence-electron chi connectivity index (χ3n) is 4.80. The highest BCUT2D eigenvalue weighted by Crippen LogP contribution is 2.30. The summed E-state index contributed by atoms with van der Waals surface area (Å²) < 4.78 is 7.87. The number of carbonyl (C=O) groups is 1. The number of hydrogen-bond donors (Lipinski definition) is 0. The van der Waals surface area contributed by atoms with Gasteiger partial charge in [0.1, 0.15) is 11.4 Å². The predicted molar refractivity (Wildman–Crippen MR) is 106 cm³/mol. The first-order valence-corrected chi connectivity index (χ1v) is 8.94. The molecule has 0 spiro atoms. The highest BCUT2D eigenvalue weighted by Gasteiger charge is 2.37. The lowest BCUT2D eigenvalue weighted by Crippen LogP contribution is -2.45. The number of benzene rings is 1. The van der Waals surface area contributed by atoms with Crippen LogP contribution in [0.1, 0.15) is 17.4 Å². The number of ether oxygens (including phenoxy) is 1. The van der Waals surface area contributed by atoms with Crippen molar-refractivity contribution in [3.8, 4) is 0 Å². The molecule has 0 amide bonds. The number of likely N-dealkylation sites (N-methyl/N-ethyl adjacent to an activating group) is 1. The minimum absolute atomic E-state index is 0.0796. The minimum Gasteiger partial charge on any atom is -0.441 e. The Morgan fingerprint density at radius 3 is 2.39 bits per heavy atom.